The van der Waals surface area contributed by atoms with Gasteiger partial charge in [-0.05, 0) is 36.5 Å². The van der Waals surface area contributed by atoms with E-state index in [9.17, 15) is 13.2 Å². The number of ether oxygens (including phenoxy) is 1. The molecule has 12 heteroatoms. The van der Waals surface area contributed by atoms with Crippen LogP contribution in [0.5, 0.6) is 0 Å². The molecule has 0 radical (unpaired) electrons. The van der Waals surface area contributed by atoms with Crippen LogP contribution in [0.25, 0.3) is 0 Å². The predicted octanol–water partition coefficient (Wildman–Crippen LogP) is 2.76. The number of methoxy groups -OCH3 is 1. The van der Waals surface area contributed by atoms with Gasteiger partial charge in [0.2, 0.25) is 5.95 Å². The molecule has 2 N–H and O–H groups in total. The number of nitrogens with zero attached hydrogens (tertiary/aromatic N) is 4. The summed E-state index contributed by atoms with van der Waals surface area (Å²) >= 11 is 5.93. The number of aromatic nitrogens is 4. The number of hydrogen-bond donors (Lipinski definition) is 2. The molecule has 0 amide bonds. The molecule has 0 unspecified atom stereocenters. The third-order valence-corrected chi connectivity index (χ3v) is 3.83. The molecule has 2 rings (SSSR count). The molecule has 0 saturated carbocycles. The van der Waals surface area contributed by atoms with E-state index < -0.39 is 11.9 Å². The monoisotopic (exact) mass is 404 g/mol. The molecule has 0 aliphatic rings. The summed E-state index contributed by atoms with van der Waals surface area (Å²) in [5.41, 5.74) is -1.09. The van der Waals surface area contributed by atoms with Crippen LogP contribution in [0.3, 0.4) is 0 Å². The van der Waals surface area contributed by atoms with Gasteiger partial charge in [0.25, 0.3) is 0 Å². The van der Waals surface area contributed by atoms with Crippen LogP contribution in [0.4, 0.5) is 19.1 Å². The van der Waals surface area contributed by atoms with E-state index in [-0.39, 0.29) is 21.2 Å². The average Bonchev–Trinajstić information content (AvgIpc) is 2.59. The van der Waals surface area contributed by atoms with Crippen LogP contribution >= 0.6 is 24.0 Å². The Kier molecular flexibility index (Phi) is 7.48. The van der Waals surface area contributed by atoms with E-state index in [0.29, 0.717) is 19.6 Å². The van der Waals surface area contributed by atoms with Crippen LogP contribution in [0, 0.1) is 0 Å². The molecule has 140 valence electrons. The highest BCUT2D eigenvalue weighted by atomic mass is 32.2. The van der Waals surface area contributed by atoms with Crippen LogP contribution < -0.4 is 10.6 Å². The molecule has 2 heterocycles. The summed E-state index contributed by atoms with van der Waals surface area (Å²) in [6.45, 7) is 1.03. The quantitative estimate of drug-likeness (QED) is 0.313. The molecule has 0 aliphatic heterocycles. The molecule has 7 nitrogen and oxygen atoms in total. The van der Waals surface area contributed by atoms with Gasteiger partial charge in [0.05, 0.1) is 0 Å². The van der Waals surface area contributed by atoms with Gasteiger partial charge < -0.3 is 15.4 Å². The summed E-state index contributed by atoms with van der Waals surface area (Å²) in [5, 5.41) is 5.83. The molecule has 2 aromatic rings. The number of thiocarbonyl (C=S) groups is 1. The van der Waals surface area contributed by atoms with E-state index in [0.717, 1.165) is 17.8 Å². The molecule has 0 bridgehead atoms. The van der Waals surface area contributed by atoms with Gasteiger partial charge in [-0.15, -0.1) is 0 Å². The highest BCUT2D eigenvalue weighted by Crippen LogP contribution is 2.32. The van der Waals surface area contributed by atoms with Crippen LogP contribution in [0.1, 0.15) is 12.1 Å². The normalized spacial score (nSPS) is 11.2. The Labute approximate surface area is 157 Å². The fourth-order valence-corrected chi connectivity index (χ4v) is 2.58. The van der Waals surface area contributed by atoms with Gasteiger partial charge in [0.1, 0.15) is 5.03 Å². The molecular weight excluding hydrogens is 389 g/mol. The lowest BCUT2D eigenvalue weighted by atomic mass is 10.4. The lowest BCUT2D eigenvalue weighted by Crippen LogP contribution is -2.30. The van der Waals surface area contributed by atoms with Crippen molar-refractivity contribution in [3.8, 4) is 0 Å². The Morgan fingerprint density at radius 2 is 2.00 bits per heavy atom. The lowest BCUT2D eigenvalue weighted by molar-refractivity contribution is -0.141. The maximum atomic E-state index is 13.1. The van der Waals surface area contributed by atoms with Gasteiger partial charge in [-0.2, -0.15) is 13.2 Å². The number of hydrogen-bond acceptors (Lipinski definition) is 7. The summed E-state index contributed by atoms with van der Waals surface area (Å²) in [6, 6.07) is 2.44. The first-order valence-corrected chi connectivity index (χ1v) is 8.56. The number of rotatable bonds is 7. The zero-order chi connectivity index (χ0) is 19.0. The van der Waals surface area contributed by atoms with Crippen molar-refractivity contribution in [3.63, 3.8) is 0 Å². The summed E-state index contributed by atoms with van der Waals surface area (Å²) in [6.07, 6.45) is -0.965. The number of nitrogens with one attached hydrogen (secondary N) is 2. The highest BCUT2D eigenvalue weighted by Gasteiger charge is 2.34. The second-order valence-electron chi connectivity index (χ2n) is 4.77. The maximum Gasteiger partial charge on any atom is 0.433 e. The van der Waals surface area contributed by atoms with Gasteiger partial charge in [0, 0.05) is 38.7 Å². The number of halogens is 3. The topological polar surface area (TPSA) is 84.9 Å². The molecule has 0 aromatic carbocycles. The van der Waals surface area contributed by atoms with E-state index in [1.54, 1.807) is 13.2 Å². The zero-order valence-corrected chi connectivity index (χ0v) is 15.2. The van der Waals surface area contributed by atoms with Gasteiger partial charge in [-0.1, -0.05) is 0 Å². The predicted molar refractivity (Wildman–Crippen MR) is 93.9 cm³/mol. The second kappa shape index (κ2) is 9.59. The van der Waals surface area contributed by atoms with Crippen molar-refractivity contribution >= 4 is 35.0 Å². The Balaban J connectivity index is 2.14. The zero-order valence-electron chi connectivity index (χ0n) is 13.6. The molecule has 2 aromatic heterocycles. The minimum atomic E-state index is -4.63. The van der Waals surface area contributed by atoms with Crippen molar-refractivity contribution in [2.24, 2.45) is 0 Å². The Morgan fingerprint density at radius 3 is 2.65 bits per heavy atom. The van der Waals surface area contributed by atoms with E-state index in [1.807, 2.05) is 0 Å². The first-order chi connectivity index (χ1) is 12.4. The van der Waals surface area contributed by atoms with Crippen LogP contribution in [0.2, 0.25) is 0 Å². The van der Waals surface area contributed by atoms with Crippen molar-refractivity contribution in [2.45, 2.75) is 22.8 Å². The van der Waals surface area contributed by atoms with Gasteiger partial charge in [0.15, 0.2) is 16.0 Å². The first-order valence-electron chi connectivity index (χ1n) is 7.33. The Bertz CT molecular complexity index is 732. The van der Waals surface area contributed by atoms with E-state index in [4.69, 9.17) is 17.0 Å². The molecule has 0 saturated heterocycles. The Morgan fingerprint density at radius 1 is 1.27 bits per heavy atom. The summed E-state index contributed by atoms with van der Waals surface area (Å²) in [4.78, 5) is 15.4. The molecular formula is C14H15F3N6OS2. The number of anilines is 1. The van der Waals surface area contributed by atoms with Gasteiger partial charge in [-0.25, -0.2) is 19.9 Å². The minimum absolute atomic E-state index is 0.0446. The van der Waals surface area contributed by atoms with Gasteiger partial charge >= 0.3 is 6.18 Å². The fourth-order valence-electron chi connectivity index (χ4n) is 1.67. The van der Waals surface area contributed by atoms with Crippen molar-refractivity contribution in [3.05, 3.63) is 30.2 Å². The van der Waals surface area contributed by atoms with Crippen molar-refractivity contribution in [1.82, 2.24) is 25.3 Å². The van der Waals surface area contributed by atoms with E-state index in [1.165, 1.54) is 12.4 Å². The number of alkyl halides is 3. The minimum Gasteiger partial charge on any atom is -0.385 e. The van der Waals surface area contributed by atoms with Crippen LogP contribution in [-0.4, -0.2) is 45.3 Å². The molecule has 0 fully saturated rings. The summed E-state index contributed by atoms with van der Waals surface area (Å²) in [7, 11) is 1.57. The fraction of sp³-hybridized carbons (Fsp3) is 0.357. The second-order valence-corrected chi connectivity index (χ2v) is 6.17. The SMILES string of the molecule is COCCCNC(=S)Nc1nc(Sc2ncccn2)cc(C(F)(F)F)n1. The molecule has 0 aliphatic carbocycles. The molecule has 0 atom stereocenters. The largest absolute Gasteiger partial charge is 0.433 e. The van der Waals surface area contributed by atoms with E-state index in [2.05, 4.69) is 30.6 Å². The lowest BCUT2D eigenvalue weighted by Gasteiger charge is -2.12. The smallest absolute Gasteiger partial charge is 0.385 e. The van der Waals surface area contributed by atoms with Crippen molar-refractivity contribution in [2.75, 3.05) is 25.6 Å². The van der Waals surface area contributed by atoms with E-state index >= 15 is 0 Å². The summed E-state index contributed by atoms with van der Waals surface area (Å²) < 4.78 is 44.2. The third kappa shape index (κ3) is 6.69. The highest BCUT2D eigenvalue weighted by molar-refractivity contribution is 7.99. The molecule has 26 heavy (non-hydrogen) atoms. The third-order valence-electron chi connectivity index (χ3n) is 2.77. The standard InChI is InChI=1S/C14H15F3N6OS2/c1-24-7-3-6-18-12(25)23-11-21-9(14(15,16)17)8-10(22-11)26-13-19-4-2-5-20-13/h2,4-5,8H,3,6-7H2,1H3,(H2,18,21,22,23,25). The summed E-state index contributed by atoms with van der Waals surface area (Å²) in [5.74, 6) is -0.262. The van der Waals surface area contributed by atoms with Crippen molar-refractivity contribution in [1.29, 1.82) is 0 Å². The van der Waals surface area contributed by atoms with Crippen LogP contribution in [-0.2, 0) is 10.9 Å². The Hall–Kier alpha value is -2.05. The van der Waals surface area contributed by atoms with Crippen molar-refractivity contribution < 1.29 is 17.9 Å². The van der Waals surface area contributed by atoms with Gasteiger partial charge in [-0.3, -0.25) is 0 Å². The first kappa shape index (κ1) is 20.3. The molecule has 0 spiro atoms. The van der Waals surface area contributed by atoms with Crippen LogP contribution in [0.15, 0.2) is 34.7 Å². The maximum absolute atomic E-state index is 13.1. The average molecular weight is 404 g/mol.